The second-order valence-corrected chi connectivity index (χ2v) is 5.47. The van der Waals surface area contributed by atoms with Crippen LogP contribution in [0, 0.1) is 0 Å². The van der Waals surface area contributed by atoms with Crippen LogP contribution in [0.2, 0.25) is 0 Å². The molecule has 2 saturated heterocycles. The summed E-state index contributed by atoms with van der Waals surface area (Å²) in [4.78, 5) is 4.93. The number of piperidine rings is 1. The molecule has 2 fully saturated rings. The minimum absolute atomic E-state index is 0.155. The maximum absolute atomic E-state index is 8.83. The molecule has 2 rings (SSSR count). The first-order valence-corrected chi connectivity index (χ1v) is 7.25. The third kappa shape index (κ3) is 3.59. The summed E-state index contributed by atoms with van der Waals surface area (Å²) in [5.41, 5.74) is 5.78. The molecule has 5 heteroatoms. The number of amidine groups is 1. The molecule has 0 aliphatic carbocycles. The summed E-state index contributed by atoms with van der Waals surface area (Å²) in [7, 11) is 0. The van der Waals surface area contributed by atoms with Crippen molar-refractivity contribution in [3.63, 3.8) is 0 Å². The molecular weight excluding hydrogens is 228 g/mol. The summed E-state index contributed by atoms with van der Waals surface area (Å²) in [6.07, 6.45) is 7.35. The minimum atomic E-state index is 0.155. The molecule has 3 N–H and O–H groups in total. The highest BCUT2D eigenvalue weighted by Crippen LogP contribution is 2.17. The molecule has 0 radical (unpaired) electrons. The van der Waals surface area contributed by atoms with E-state index in [-0.39, 0.29) is 6.04 Å². The maximum Gasteiger partial charge on any atom is 0.156 e. The first-order chi connectivity index (χ1) is 8.81. The van der Waals surface area contributed by atoms with Crippen molar-refractivity contribution in [2.24, 2.45) is 10.9 Å². The Balaban J connectivity index is 1.74. The summed E-state index contributed by atoms with van der Waals surface area (Å²) >= 11 is 0. The number of rotatable bonds is 5. The van der Waals surface area contributed by atoms with Gasteiger partial charge in [-0.2, -0.15) is 0 Å². The van der Waals surface area contributed by atoms with Crippen LogP contribution in [-0.2, 0) is 0 Å². The van der Waals surface area contributed by atoms with Crippen LogP contribution in [0.3, 0.4) is 0 Å². The van der Waals surface area contributed by atoms with Gasteiger partial charge in [-0.3, -0.25) is 4.90 Å². The van der Waals surface area contributed by atoms with Crippen molar-refractivity contribution in [3.05, 3.63) is 0 Å². The zero-order valence-corrected chi connectivity index (χ0v) is 11.2. The van der Waals surface area contributed by atoms with Crippen LogP contribution >= 0.6 is 0 Å². The molecule has 2 aliphatic heterocycles. The molecule has 0 aromatic carbocycles. The number of nitrogens with two attached hydrogens (primary N) is 1. The van der Waals surface area contributed by atoms with Crippen LogP contribution in [0.25, 0.3) is 0 Å². The van der Waals surface area contributed by atoms with Gasteiger partial charge in [-0.15, -0.1) is 0 Å². The van der Waals surface area contributed by atoms with Gasteiger partial charge in [0.1, 0.15) is 0 Å². The van der Waals surface area contributed by atoms with E-state index in [0.717, 1.165) is 19.5 Å². The van der Waals surface area contributed by atoms with Crippen LogP contribution in [0.15, 0.2) is 5.16 Å². The fourth-order valence-electron chi connectivity index (χ4n) is 3.16. The number of hydrogen-bond acceptors (Lipinski definition) is 4. The number of likely N-dealkylation sites (tertiary alicyclic amines) is 2. The molecule has 5 nitrogen and oxygen atoms in total. The van der Waals surface area contributed by atoms with E-state index < -0.39 is 0 Å². The van der Waals surface area contributed by atoms with Crippen LogP contribution in [0.1, 0.15) is 38.5 Å². The largest absolute Gasteiger partial charge is 0.409 e. The van der Waals surface area contributed by atoms with Gasteiger partial charge in [0, 0.05) is 6.54 Å². The Kier molecular flexibility index (Phi) is 5.26. The molecular formula is C13H26N4O. The van der Waals surface area contributed by atoms with Crippen LogP contribution in [0.4, 0.5) is 0 Å². The Labute approximate surface area is 110 Å². The zero-order valence-electron chi connectivity index (χ0n) is 11.2. The molecule has 0 aromatic rings. The Bertz CT molecular complexity index is 276. The molecule has 1 atom stereocenters. The van der Waals surface area contributed by atoms with Crippen molar-refractivity contribution in [1.29, 1.82) is 0 Å². The van der Waals surface area contributed by atoms with E-state index in [9.17, 15) is 0 Å². The van der Waals surface area contributed by atoms with Gasteiger partial charge in [-0.1, -0.05) is 11.6 Å². The predicted octanol–water partition coefficient (Wildman–Crippen LogP) is 1.07. The monoisotopic (exact) mass is 254 g/mol. The second kappa shape index (κ2) is 6.95. The van der Waals surface area contributed by atoms with Gasteiger partial charge >= 0.3 is 0 Å². The van der Waals surface area contributed by atoms with Crippen molar-refractivity contribution < 1.29 is 5.21 Å². The quantitative estimate of drug-likeness (QED) is 0.333. The van der Waals surface area contributed by atoms with E-state index in [0.29, 0.717) is 5.84 Å². The lowest BCUT2D eigenvalue weighted by atomic mass is 10.0. The first-order valence-electron chi connectivity index (χ1n) is 7.25. The van der Waals surface area contributed by atoms with E-state index in [1.807, 2.05) is 0 Å². The van der Waals surface area contributed by atoms with E-state index >= 15 is 0 Å². The molecule has 1 unspecified atom stereocenters. The lowest BCUT2D eigenvalue weighted by Crippen LogP contribution is -2.48. The molecule has 2 heterocycles. The van der Waals surface area contributed by atoms with Crippen molar-refractivity contribution >= 4 is 5.84 Å². The Morgan fingerprint density at radius 3 is 2.56 bits per heavy atom. The van der Waals surface area contributed by atoms with Crippen LogP contribution < -0.4 is 5.73 Å². The predicted molar refractivity (Wildman–Crippen MR) is 72.9 cm³/mol. The summed E-state index contributed by atoms with van der Waals surface area (Å²) in [6.45, 7) is 5.88. The lowest BCUT2D eigenvalue weighted by Gasteiger charge is -2.35. The summed E-state index contributed by atoms with van der Waals surface area (Å²) in [5.74, 6) is 0.385. The molecule has 0 saturated carbocycles. The van der Waals surface area contributed by atoms with Gasteiger partial charge in [-0.25, -0.2) is 0 Å². The SMILES string of the molecule is NC(=NO)C1CCCCN1CCCN1CCCC1. The van der Waals surface area contributed by atoms with E-state index in [4.69, 9.17) is 10.9 Å². The molecule has 0 amide bonds. The standard InChI is InChI=1S/C13H26N4O/c14-13(15-18)12-6-1-2-10-17(12)11-5-9-16-7-3-4-8-16/h12,18H,1-11H2,(H2,14,15). The normalized spacial score (nSPS) is 27.8. The third-order valence-electron chi connectivity index (χ3n) is 4.19. The van der Waals surface area contributed by atoms with Gasteiger partial charge in [0.25, 0.3) is 0 Å². The minimum Gasteiger partial charge on any atom is -0.409 e. The number of nitrogens with zero attached hydrogens (tertiary/aromatic N) is 3. The van der Waals surface area contributed by atoms with Crippen LogP contribution in [0.5, 0.6) is 0 Å². The Morgan fingerprint density at radius 1 is 1.11 bits per heavy atom. The van der Waals surface area contributed by atoms with Gasteiger partial charge < -0.3 is 15.8 Å². The van der Waals surface area contributed by atoms with Crippen molar-refractivity contribution in [2.75, 3.05) is 32.7 Å². The fourth-order valence-corrected chi connectivity index (χ4v) is 3.16. The Hall–Kier alpha value is -0.810. The maximum atomic E-state index is 8.83. The fraction of sp³-hybridized carbons (Fsp3) is 0.923. The first kappa shape index (κ1) is 13.6. The van der Waals surface area contributed by atoms with Crippen LogP contribution in [-0.4, -0.2) is 59.6 Å². The number of hydrogen-bond donors (Lipinski definition) is 2. The van der Waals surface area contributed by atoms with Crippen molar-refractivity contribution in [3.8, 4) is 0 Å². The molecule has 104 valence electrons. The topological polar surface area (TPSA) is 65.1 Å². The molecule has 0 aromatic heterocycles. The van der Waals surface area contributed by atoms with Gasteiger partial charge in [0.05, 0.1) is 6.04 Å². The number of oxime groups is 1. The highest BCUT2D eigenvalue weighted by Gasteiger charge is 2.25. The Morgan fingerprint density at radius 2 is 1.83 bits per heavy atom. The molecule has 18 heavy (non-hydrogen) atoms. The van der Waals surface area contributed by atoms with E-state index in [2.05, 4.69) is 15.0 Å². The highest BCUT2D eigenvalue weighted by atomic mass is 16.4. The van der Waals surface area contributed by atoms with Crippen molar-refractivity contribution in [2.45, 2.75) is 44.6 Å². The van der Waals surface area contributed by atoms with Gasteiger partial charge in [0.15, 0.2) is 5.84 Å². The van der Waals surface area contributed by atoms with E-state index in [1.165, 1.54) is 51.7 Å². The average molecular weight is 254 g/mol. The van der Waals surface area contributed by atoms with E-state index in [1.54, 1.807) is 0 Å². The lowest BCUT2D eigenvalue weighted by molar-refractivity contribution is 0.175. The summed E-state index contributed by atoms with van der Waals surface area (Å²) in [5, 5.41) is 12.0. The zero-order chi connectivity index (χ0) is 12.8. The third-order valence-corrected chi connectivity index (χ3v) is 4.19. The second-order valence-electron chi connectivity index (χ2n) is 5.47. The molecule has 0 spiro atoms. The molecule has 2 aliphatic rings. The van der Waals surface area contributed by atoms with Gasteiger partial charge in [-0.05, 0) is 58.3 Å². The average Bonchev–Trinajstić information content (AvgIpc) is 2.92. The smallest absolute Gasteiger partial charge is 0.156 e. The highest BCUT2D eigenvalue weighted by molar-refractivity contribution is 5.85. The summed E-state index contributed by atoms with van der Waals surface area (Å²) < 4.78 is 0. The van der Waals surface area contributed by atoms with Crippen molar-refractivity contribution in [1.82, 2.24) is 9.80 Å². The van der Waals surface area contributed by atoms with Gasteiger partial charge in [0.2, 0.25) is 0 Å². The molecule has 0 bridgehead atoms. The summed E-state index contributed by atoms with van der Waals surface area (Å²) in [6, 6.07) is 0.155.